The van der Waals surface area contributed by atoms with Crippen molar-refractivity contribution in [3.63, 3.8) is 0 Å². The molecule has 0 aromatic heterocycles. The highest BCUT2D eigenvalue weighted by molar-refractivity contribution is 5.93. The minimum atomic E-state index is -4.53. The van der Waals surface area contributed by atoms with Gasteiger partial charge in [0.25, 0.3) is 0 Å². The maximum absolute atomic E-state index is 13.0. The molecule has 0 bridgehead atoms. The Balaban J connectivity index is 2.11. The van der Waals surface area contributed by atoms with Crippen molar-refractivity contribution in [3.05, 3.63) is 23.8 Å². The highest BCUT2D eigenvalue weighted by atomic mass is 19.4. The first-order chi connectivity index (χ1) is 12.3. The number of morpholine rings is 1. The summed E-state index contributed by atoms with van der Waals surface area (Å²) in [6.07, 6.45) is -4.41. The summed E-state index contributed by atoms with van der Waals surface area (Å²) in [4.78, 5) is 24.2. The van der Waals surface area contributed by atoms with Gasteiger partial charge in [-0.25, -0.2) is 4.79 Å². The summed E-state index contributed by atoms with van der Waals surface area (Å²) < 4.78 is 44.2. The van der Waals surface area contributed by atoms with Crippen LogP contribution in [-0.4, -0.2) is 50.0 Å². The quantitative estimate of drug-likeness (QED) is 0.665. The monoisotopic (exact) mass is 375 g/mol. The number of carboxylic acids is 1. The third-order valence-corrected chi connectivity index (χ3v) is 3.78. The Labute approximate surface area is 148 Å². The zero-order valence-electron chi connectivity index (χ0n) is 13.9. The average Bonchev–Trinajstić information content (AvgIpc) is 2.58. The van der Waals surface area contributed by atoms with Gasteiger partial charge in [-0.05, 0) is 24.6 Å². The van der Waals surface area contributed by atoms with Crippen molar-refractivity contribution in [2.75, 3.05) is 43.1 Å². The molecule has 26 heavy (non-hydrogen) atoms. The summed E-state index contributed by atoms with van der Waals surface area (Å²) in [6.45, 7) is 1.99. The number of hydrogen-bond acceptors (Lipinski definition) is 4. The minimum Gasteiger partial charge on any atom is -0.481 e. The third kappa shape index (κ3) is 5.80. The van der Waals surface area contributed by atoms with E-state index in [-0.39, 0.29) is 25.1 Å². The van der Waals surface area contributed by atoms with E-state index in [9.17, 15) is 22.8 Å². The van der Waals surface area contributed by atoms with E-state index in [0.717, 1.165) is 12.1 Å². The molecule has 1 aliphatic rings. The van der Waals surface area contributed by atoms with Crippen LogP contribution in [-0.2, 0) is 15.7 Å². The number of alkyl halides is 3. The van der Waals surface area contributed by atoms with Gasteiger partial charge in [0.1, 0.15) is 0 Å². The molecule has 1 heterocycles. The van der Waals surface area contributed by atoms with Crippen LogP contribution < -0.4 is 15.5 Å². The fourth-order valence-corrected chi connectivity index (χ4v) is 2.50. The van der Waals surface area contributed by atoms with Gasteiger partial charge >= 0.3 is 18.2 Å². The molecule has 0 aliphatic carbocycles. The van der Waals surface area contributed by atoms with Gasteiger partial charge in [-0.3, -0.25) is 4.79 Å². The van der Waals surface area contributed by atoms with Crippen molar-refractivity contribution in [2.45, 2.75) is 19.0 Å². The van der Waals surface area contributed by atoms with Gasteiger partial charge in [-0.1, -0.05) is 0 Å². The van der Waals surface area contributed by atoms with E-state index < -0.39 is 23.7 Å². The number of carbonyl (C=O) groups excluding carboxylic acids is 1. The Kier molecular flexibility index (Phi) is 6.67. The Morgan fingerprint density at radius 3 is 2.54 bits per heavy atom. The van der Waals surface area contributed by atoms with Crippen LogP contribution in [0.5, 0.6) is 0 Å². The topological polar surface area (TPSA) is 90.9 Å². The first kappa shape index (κ1) is 19.8. The van der Waals surface area contributed by atoms with Gasteiger partial charge in [-0.2, -0.15) is 13.2 Å². The number of urea groups is 1. The normalized spacial score (nSPS) is 14.8. The standard InChI is InChI=1S/C16H20F3N3O4/c17-16(18,19)11-3-4-13(22-6-8-26-9-7-22)12(10-11)21-15(25)20-5-1-2-14(23)24/h3-4,10H,1-2,5-9H2,(H,23,24)(H2,20,21,25). The van der Waals surface area contributed by atoms with Crippen LogP contribution in [0.4, 0.5) is 29.3 Å². The average molecular weight is 375 g/mol. The van der Waals surface area contributed by atoms with Crippen LogP contribution in [0.1, 0.15) is 18.4 Å². The molecule has 0 spiro atoms. The van der Waals surface area contributed by atoms with Gasteiger partial charge in [0.15, 0.2) is 0 Å². The Morgan fingerprint density at radius 1 is 1.23 bits per heavy atom. The van der Waals surface area contributed by atoms with Crippen molar-refractivity contribution in [1.29, 1.82) is 0 Å². The molecule has 1 fully saturated rings. The second kappa shape index (κ2) is 8.75. The third-order valence-electron chi connectivity index (χ3n) is 3.78. The number of halogens is 3. The maximum atomic E-state index is 13.0. The Hall–Kier alpha value is -2.49. The van der Waals surface area contributed by atoms with Crippen molar-refractivity contribution in [2.24, 2.45) is 0 Å². The number of rotatable bonds is 6. The van der Waals surface area contributed by atoms with Gasteiger partial charge < -0.3 is 25.4 Å². The number of aliphatic carboxylic acids is 1. The fraction of sp³-hybridized carbons (Fsp3) is 0.500. The molecule has 0 saturated carbocycles. The summed E-state index contributed by atoms with van der Waals surface area (Å²) >= 11 is 0. The minimum absolute atomic E-state index is 0.0393. The summed E-state index contributed by atoms with van der Waals surface area (Å²) in [5.41, 5.74) is -0.352. The molecule has 1 aliphatic heterocycles. The van der Waals surface area contributed by atoms with E-state index >= 15 is 0 Å². The molecule has 10 heteroatoms. The van der Waals surface area contributed by atoms with Crippen molar-refractivity contribution >= 4 is 23.4 Å². The van der Waals surface area contributed by atoms with E-state index in [1.54, 1.807) is 0 Å². The number of benzene rings is 1. The summed E-state index contributed by atoms with van der Waals surface area (Å²) in [5.74, 6) is -0.986. The number of carboxylic acid groups (broad SMARTS) is 1. The van der Waals surface area contributed by atoms with Crippen LogP contribution in [0.15, 0.2) is 18.2 Å². The molecule has 144 valence electrons. The lowest BCUT2D eigenvalue weighted by Gasteiger charge is -2.31. The molecule has 0 radical (unpaired) electrons. The van der Waals surface area contributed by atoms with Crippen molar-refractivity contribution in [1.82, 2.24) is 5.32 Å². The highest BCUT2D eigenvalue weighted by Gasteiger charge is 2.31. The lowest BCUT2D eigenvalue weighted by Crippen LogP contribution is -2.37. The molecule has 2 rings (SSSR count). The first-order valence-corrected chi connectivity index (χ1v) is 8.08. The predicted molar refractivity (Wildman–Crippen MR) is 88.4 cm³/mol. The number of anilines is 2. The molecule has 1 aromatic carbocycles. The summed E-state index contributed by atoms with van der Waals surface area (Å²) in [7, 11) is 0. The van der Waals surface area contributed by atoms with Crippen LogP contribution in [0.25, 0.3) is 0 Å². The fourth-order valence-electron chi connectivity index (χ4n) is 2.50. The lowest BCUT2D eigenvalue weighted by atomic mass is 10.1. The Bertz CT molecular complexity index is 646. The van der Waals surface area contributed by atoms with Crippen LogP contribution >= 0.6 is 0 Å². The Morgan fingerprint density at radius 2 is 1.92 bits per heavy atom. The number of nitrogens with one attached hydrogen (secondary N) is 2. The number of amides is 2. The second-order valence-electron chi connectivity index (χ2n) is 5.71. The molecular weight excluding hydrogens is 355 g/mol. The van der Waals surface area contributed by atoms with E-state index in [4.69, 9.17) is 9.84 Å². The van der Waals surface area contributed by atoms with Crippen molar-refractivity contribution in [3.8, 4) is 0 Å². The molecule has 1 saturated heterocycles. The number of ether oxygens (including phenoxy) is 1. The summed E-state index contributed by atoms with van der Waals surface area (Å²) in [6, 6.07) is 2.50. The lowest BCUT2D eigenvalue weighted by molar-refractivity contribution is -0.138. The zero-order valence-corrected chi connectivity index (χ0v) is 13.9. The smallest absolute Gasteiger partial charge is 0.416 e. The number of hydrogen-bond donors (Lipinski definition) is 3. The van der Waals surface area contributed by atoms with Crippen LogP contribution in [0, 0.1) is 0 Å². The molecule has 1 aromatic rings. The van der Waals surface area contributed by atoms with Crippen molar-refractivity contribution < 1.29 is 32.6 Å². The molecular formula is C16H20F3N3O4. The van der Waals surface area contributed by atoms with Gasteiger partial charge in [0.05, 0.1) is 30.2 Å². The molecule has 2 amide bonds. The number of nitrogens with zero attached hydrogens (tertiary/aromatic N) is 1. The van der Waals surface area contributed by atoms with E-state index in [1.807, 2.05) is 4.90 Å². The largest absolute Gasteiger partial charge is 0.481 e. The second-order valence-corrected chi connectivity index (χ2v) is 5.71. The van der Waals surface area contributed by atoms with Gasteiger partial charge in [0, 0.05) is 26.1 Å². The van der Waals surface area contributed by atoms with E-state index in [2.05, 4.69) is 10.6 Å². The van der Waals surface area contributed by atoms with Crippen LogP contribution in [0.3, 0.4) is 0 Å². The first-order valence-electron chi connectivity index (χ1n) is 8.08. The van der Waals surface area contributed by atoms with Gasteiger partial charge in [-0.15, -0.1) is 0 Å². The predicted octanol–water partition coefficient (Wildman–Crippen LogP) is 2.53. The van der Waals surface area contributed by atoms with Crippen LogP contribution in [0.2, 0.25) is 0 Å². The zero-order chi connectivity index (χ0) is 19.2. The molecule has 3 N–H and O–H groups in total. The molecule has 0 unspecified atom stereocenters. The van der Waals surface area contributed by atoms with E-state index in [1.165, 1.54) is 6.07 Å². The number of carbonyl (C=O) groups is 2. The van der Waals surface area contributed by atoms with E-state index in [0.29, 0.717) is 32.0 Å². The molecule has 7 nitrogen and oxygen atoms in total. The molecule has 0 atom stereocenters. The van der Waals surface area contributed by atoms with Gasteiger partial charge in [0.2, 0.25) is 0 Å². The SMILES string of the molecule is O=C(O)CCCNC(=O)Nc1cc(C(F)(F)F)ccc1N1CCOCC1. The highest BCUT2D eigenvalue weighted by Crippen LogP contribution is 2.35. The maximum Gasteiger partial charge on any atom is 0.416 e. The summed E-state index contributed by atoms with van der Waals surface area (Å²) in [5, 5.41) is 13.4.